The molecule has 1 amide bonds. The summed E-state index contributed by atoms with van der Waals surface area (Å²) in [5, 5.41) is 12.1. The second kappa shape index (κ2) is 8.79. The van der Waals surface area contributed by atoms with Gasteiger partial charge in [0, 0.05) is 18.7 Å². The van der Waals surface area contributed by atoms with Crippen LogP contribution in [0.5, 0.6) is 0 Å². The van der Waals surface area contributed by atoms with E-state index in [9.17, 15) is 14.0 Å². The maximum absolute atomic E-state index is 12.9. The summed E-state index contributed by atoms with van der Waals surface area (Å²) in [7, 11) is 0. The monoisotopic (exact) mass is 368 g/mol. The van der Waals surface area contributed by atoms with Crippen LogP contribution in [0.4, 0.5) is 4.39 Å². The van der Waals surface area contributed by atoms with Gasteiger partial charge in [0.15, 0.2) is 0 Å². The highest BCUT2D eigenvalue weighted by Crippen LogP contribution is 2.21. The van der Waals surface area contributed by atoms with Gasteiger partial charge in [-0.3, -0.25) is 9.59 Å². The summed E-state index contributed by atoms with van der Waals surface area (Å²) >= 11 is 2.57. The Labute approximate surface area is 147 Å². The molecule has 0 aliphatic rings. The molecule has 0 aliphatic carbocycles. The number of hydrogen-bond donors (Lipinski definition) is 2. The van der Waals surface area contributed by atoms with Crippen molar-refractivity contribution in [1.29, 1.82) is 0 Å². The third-order valence-electron chi connectivity index (χ3n) is 3.07. The van der Waals surface area contributed by atoms with Gasteiger partial charge in [-0.2, -0.15) is 0 Å². The Hall–Kier alpha value is -1.93. The minimum absolute atomic E-state index is 0.0251. The molecule has 1 aromatic heterocycles. The Morgan fingerprint density at radius 3 is 2.71 bits per heavy atom. The first-order valence-corrected chi connectivity index (χ1v) is 9.21. The summed E-state index contributed by atoms with van der Waals surface area (Å²) in [6.07, 6.45) is 0.549. The van der Waals surface area contributed by atoms with Crippen molar-refractivity contribution >= 4 is 35.0 Å². The highest BCUT2D eigenvalue weighted by molar-refractivity contribution is 7.99. The number of carbonyl (C=O) groups is 2. The fraction of sp³-hybridized carbons (Fsp3) is 0.312. The summed E-state index contributed by atoms with van der Waals surface area (Å²) in [5.74, 6) is -0.786. The van der Waals surface area contributed by atoms with Crippen LogP contribution in [0.15, 0.2) is 24.3 Å². The van der Waals surface area contributed by atoms with Gasteiger partial charge >= 0.3 is 5.97 Å². The van der Waals surface area contributed by atoms with Crippen molar-refractivity contribution in [3.05, 3.63) is 51.2 Å². The molecule has 0 saturated heterocycles. The number of hydrogen-bond acceptors (Lipinski definition) is 5. The van der Waals surface area contributed by atoms with E-state index < -0.39 is 5.97 Å². The molecule has 2 rings (SSSR count). The first-order valence-electron chi connectivity index (χ1n) is 7.24. The molecule has 0 atom stereocenters. The number of nitrogens with one attached hydrogen (secondary N) is 1. The van der Waals surface area contributed by atoms with Crippen molar-refractivity contribution in [3.8, 4) is 0 Å². The van der Waals surface area contributed by atoms with Crippen LogP contribution in [0, 0.1) is 12.7 Å². The molecule has 0 unspecified atom stereocenters. The number of halogens is 1. The summed E-state index contributed by atoms with van der Waals surface area (Å²) in [5.41, 5.74) is 1.59. The lowest BCUT2D eigenvalue weighted by Crippen LogP contribution is -2.25. The van der Waals surface area contributed by atoms with Crippen LogP contribution in [0.1, 0.15) is 25.9 Å². The Morgan fingerprint density at radius 2 is 2.04 bits per heavy atom. The minimum Gasteiger partial charge on any atom is -0.481 e. The average Bonchev–Trinajstić information content (AvgIpc) is 2.89. The Kier molecular flexibility index (Phi) is 6.74. The lowest BCUT2D eigenvalue weighted by molar-refractivity contribution is -0.133. The highest BCUT2D eigenvalue weighted by atomic mass is 32.2. The van der Waals surface area contributed by atoms with Crippen LogP contribution in [-0.4, -0.2) is 40.0 Å². The Morgan fingerprint density at radius 1 is 1.33 bits per heavy atom. The lowest BCUT2D eigenvalue weighted by Gasteiger charge is -2.02. The Balaban J connectivity index is 1.89. The molecule has 1 heterocycles. The van der Waals surface area contributed by atoms with Crippen LogP contribution < -0.4 is 5.32 Å². The second-order valence-corrected chi connectivity index (χ2v) is 7.22. The molecule has 0 fully saturated rings. The number of aromatic nitrogens is 1. The zero-order chi connectivity index (χ0) is 17.5. The fourth-order valence-corrected chi connectivity index (χ4v) is 3.57. The van der Waals surface area contributed by atoms with Gasteiger partial charge in [0.1, 0.15) is 10.7 Å². The predicted molar refractivity (Wildman–Crippen MR) is 93.4 cm³/mol. The first kappa shape index (κ1) is 18.4. The largest absolute Gasteiger partial charge is 0.481 e. The lowest BCUT2D eigenvalue weighted by atomic mass is 10.1. The van der Waals surface area contributed by atoms with Gasteiger partial charge in [-0.1, -0.05) is 12.1 Å². The molecular weight excluding hydrogens is 351 g/mol. The van der Waals surface area contributed by atoms with Crippen molar-refractivity contribution < 1.29 is 19.1 Å². The summed E-state index contributed by atoms with van der Waals surface area (Å²) in [6, 6.07) is 6.20. The highest BCUT2D eigenvalue weighted by Gasteiger charge is 2.15. The van der Waals surface area contributed by atoms with E-state index in [-0.39, 0.29) is 17.5 Å². The van der Waals surface area contributed by atoms with Crippen LogP contribution in [0.3, 0.4) is 0 Å². The number of amides is 1. The quantitative estimate of drug-likeness (QED) is 0.701. The third kappa shape index (κ3) is 5.61. The molecule has 1 aromatic carbocycles. The minimum atomic E-state index is -0.866. The van der Waals surface area contributed by atoms with E-state index >= 15 is 0 Å². The van der Waals surface area contributed by atoms with E-state index in [1.54, 1.807) is 19.1 Å². The smallest absolute Gasteiger partial charge is 0.313 e. The van der Waals surface area contributed by atoms with Gasteiger partial charge < -0.3 is 10.4 Å². The number of nitrogens with zero attached hydrogens (tertiary/aromatic N) is 1. The summed E-state index contributed by atoms with van der Waals surface area (Å²) in [4.78, 5) is 27.5. The van der Waals surface area contributed by atoms with Gasteiger partial charge in [-0.15, -0.1) is 23.1 Å². The van der Waals surface area contributed by atoms with Crippen molar-refractivity contribution in [2.75, 3.05) is 18.1 Å². The van der Waals surface area contributed by atoms with Crippen molar-refractivity contribution in [3.63, 3.8) is 0 Å². The molecule has 0 radical (unpaired) electrons. The zero-order valence-electron chi connectivity index (χ0n) is 13.0. The molecule has 8 heteroatoms. The number of carboxylic acid groups (broad SMARTS) is 1. The zero-order valence-corrected chi connectivity index (χ0v) is 14.7. The molecule has 0 saturated carbocycles. The van der Waals surface area contributed by atoms with E-state index in [1.165, 1.54) is 35.2 Å². The van der Waals surface area contributed by atoms with Crippen molar-refractivity contribution in [1.82, 2.24) is 10.3 Å². The summed E-state index contributed by atoms with van der Waals surface area (Å²) < 4.78 is 12.9. The number of aliphatic carboxylic acids is 1. The molecule has 5 nitrogen and oxygen atoms in total. The number of aryl methyl sites for hydroxylation is 1. The average molecular weight is 368 g/mol. The number of thioether (sulfide) groups is 1. The topological polar surface area (TPSA) is 79.3 Å². The predicted octanol–water partition coefficient (Wildman–Crippen LogP) is 2.73. The Bertz CT molecular complexity index is 717. The van der Waals surface area contributed by atoms with Crippen LogP contribution in [-0.2, 0) is 11.2 Å². The van der Waals surface area contributed by atoms with E-state index in [0.717, 1.165) is 10.6 Å². The van der Waals surface area contributed by atoms with Gasteiger partial charge in [0.2, 0.25) is 0 Å². The maximum Gasteiger partial charge on any atom is 0.313 e. The fourth-order valence-electron chi connectivity index (χ4n) is 1.99. The van der Waals surface area contributed by atoms with Crippen LogP contribution >= 0.6 is 23.1 Å². The van der Waals surface area contributed by atoms with Gasteiger partial charge in [-0.25, -0.2) is 9.37 Å². The normalized spacial score (nSPS) is 10.6. The molecule has 0 bridgehead atoms. The standard InChI is InChI=1S/C16H17FN2O3S2/c1-10-15(16(22)18-6-7-23-9-14(20)21)24-13(19-10)8-11-2-4-12(17)5-3-11/h2-5H,6-9H2,1H3,(H,18,22)(H,20,21). The van der Waals surface area contributed by atoms with Crippen molar-refractivity contribution in [2.24, 2.45) is 0 Å². The SMILES string of the molecule is Cc1nc(Cc2ccc(F)cc2)sc1C(=O)NCCSCC(=O)O. The number of carbonyl (C=O) groups excluding carboxylic acids is 1. The number of carboxylic acids is 1. The molecule has 2 N–H and O–H groups in total. The van der Waals surface area contributed by atoms with Gasteiger partial charge in [0.05, 0.1) is 16.5 Å². The summed E-state index contributed by atoms with van der Waals surface area (Å²) in [6.45, 7) is 2.18. The van der Waals surface area contributed by atoms with E-state index in [2.05, 4.69) is 10.3 Å². The van der Waals surface area contributed by atoms with Crippen molar-refractivity contribution in [2.45, 2.75) is 13.3 Å². The van der Waals surface area contributed by atoms with E-state index in [0.29, 0.717) is 29.3 Å². The van der Waals surface area contributed by atoms with Crippen LogP contribution in [0.25, 0.3) is 0 Å². The second-order valence-electron chi connectivity index (χ2n) is 5.03. The molecular formula is C16H17FN2O3S2. The van der Waals surface area contributed by atoms with E-state index in [4.69, 9.17) is 5.11 Å². The van der Waals surface area contributed by atoms with Crippen LogP contribution in [0.2, 0.25) is 0 Å². The number of benzene rings is 1. The maximum atomic E-state index is 12.9. The number of thiazole rings is 1. The molecule has 24 heavy (non-hydrogen) atoms. The van der Waals surface area contributed by atoms with E-state index in [1.807, 2.05) is 0 Å². The molecule has 0 aliphatic heterocycles. The molecule has 2 aromatic rings. The first-order chi connectivity index (χ1) is 11.5. The number of rotatable bonds is 8. The third-order valence-corrected chi connectivity index (χ3v) is 5.17. The molecule has 0 spiro atoms. The van der Waals surface area contributed by atoms with Gasteiger partial charge in [-0.05, 0) is 24.6 Å². The molecule has 128 valence electrons. The van der Waals surface area contributed by atoms with Gasteiger partial charge in [0.25, 0.3) is 5.91 Å².